The molecule has 0 saturated carbocycles. The minimum Gasteiger partial charge on any atom is -0.388 e. The van der Waals surface area contributed by atoms with Crippen molar-refractivity contribution >= 4 is 11.3 Å². The summed E-state index contributed by atoms with van der Waals surface area (Å²) in [6, 6.07) is 8.97. The number of halogens is 1. The predicted molar refractivity (Wildman–Crippen MR) is 68.7 cm³/mol. The summed E-state index contributed by atoms with van der Waals surface area (Å²) in [6.45, 7) is 1.72. The van der Waals surface area contributed by atoms with Gasteiger partial charge >= 0.3 is 0 Å². The molecule has 1 N–H and O–H groups in total. The third-order valence-corrected chi connectivity index (χ3v) is 3.76. The summed E-state index contributed by atoms with van der Waals surface area (Å²) in [4.78, 5) is 1.25. The first-order chi connectivity index (χ1) is 8.16. The van der Waals surface area contributed by atoms with Crippen LogP contribution in [0.1, 0.15) is 28.5 Å². The van der Waals surface area contributed by atoms with E-state index in [-0.39, 0.29) is 5.82 Å². The van der Waals surface area contributed by atoms with E-state index in [0.29, 0.717) is 17.5 Å². The smallest absolute Gasteiger partial charge is 0.126 e. The van der Waals surface area contributed by atoms with Gasteiger partial charge in [-0.15, -0.1) is 11.3 Å². The molecule has 0 amide bonds. The van der Waals surface area contributed by atoms with Crippen molar-refractivity contribution in [1.29, 1.82) is 0 Å². The number of hydrogen-bond donors (Lipinski definition) is 1. The van der Waals surface area contributed by atoms with E-state index >= 15 is 0 Å². The van der Waals surface area contributed by atoms with Crippen LogP contribution in [0.15, 0.2) is 35.7 Å². The summed E-state index contributed by atoms with van der Waals surface area (Å²) in [5.74, 6) is -0.252. The maximum atomic E-state index is 13.3. The average Bonchev–Trinajstić information content (AvgIpc) is 2.82. The number of rotatable bonds is 4. The van der Waals surface area contributed by atoms with E-state index < -0.39 is 6.10 Å². The topological polar surface area (TPSA) is 20.2 Å². The van der Waals surface area contributed by atoms with Crippen LogP contribution >= 0.6 is 11.3 Å². The third-order valence-electron chi connectivity index (χ3n) is 2.82. The molecule has 2 aromatic rings. The molecule has 1 unspecified atom stereocenters. The van der Waals surface area contributed by atoms with Crippen LogP contribution in [0.5, 0.6) is 0 Å². The number of benzene rings is 1. The van der Waals surface area contributed by atoms with Crippen LogP contribution in [0.3, 0.4) is 0 Å². The molecule has 1 atom stereocenters. The lowest BCUT2D eigenvalue weighted by Gasteiger charge is -2.11. The molecule has 90 valence electrons. The maximum Gasteiger partial charge on any atom is 0.126 e. The summed E-state index contributed by atoms with van der Waals surface area (Å²) < 4.78 is 13.3. The monoisotopic (exact) mass is 250 g/mol. The van der Waals surface area contributed by atoms with Crippen LogP contribution in [-0.4, -0.2) is 5.11 Å². The highest BCUT2D eigenvalue weighted by atomic mass is 32.1. The zero-order chi connectivity index (χ0) is 12.3. The lowest BCUT2D eigenvalue weighted by molar-refractivity contribution is 0.167. The van der Waals surface area contributed by atoms with E-state index in [1.807, 2.05) is 17.5 Å². The molecule has 1 nitrogen and oxygen atoms in total. The van der Waals surface area contributed by atoms with Gasteiger partial charge in [0.25, 0.3) is 0 Å². The van der Waals surface area contributed by atoms with E-state index in [1.165, 1.54) is 10.9 Å². The second kappa shape index (κ2) is 5.43. The Hall–Kier alpha value is -1.19. The van der Waals surface area contributed by atoms with Gasteiger partial charge in [0.2, 0.25) is 0 Å². The van der Waals surface area contributed by atoms with E-state index in [4.69, 9.17) is 0 Å². The first kappa shape index (κ1) is 12.3. The van der Waals surface area contributed by atoms with Crippen molar-refractivity contribution in [2.24, 2.45) is 0 Å². The first-order valence-corrected chi connectivity index (χ1v) is 6.51. The molecule has 0 radical (unpaired) electrons. The molecule has 0 bridgehead atoms. The predicted octanol–water partition coefficient (Wildman–Crippen LogP) is 3.86. The first-order valence-electron chi connectivity index (χ1n) is 5.63. The number of aliphatic hydroxyl groups excluding tert-OH is 1. The van der Waals surface area contributed by atoms with E-state index in [9.17, 15) is 9.50 Å². The molecule has 0 aliphatic carbocycles. The van der Waals surface area contributed by atoms with Crippen LogP contribution < -0.4 is 0 Å². The molecule has 1 heterocycles. The highest BCUT2D eigenvalue weighted by molar-refractivity contribution is 7.09. The van der Waals surface area contributed by atoms with Crippen LogP contribution in [0, 0.1) is 12.7 Å². The summed E-state index contributed by atoms with van der Waals surface area (Å²) >= 11 is 1.68. The van der Waals surface area contributed by atoms with Crippen LogP contribution in [-0.2, 0) is 6.42 Å². The molecular formula is C14H15FOS. The minimum atomic E-state index is -0.591. The van der Waals surface area contributed by atoms with Crippen LogP contribution in [0.2, 0.25) is 0 Å². The van der Waals surface area contributed by atoms with Gasteiger partial charge in [-0.25, -0.2) is 4.39 Å². The second-order valence-corrected chi connectivity index (χ2v) is 5.17. The number of aryl methyl sites for hydroxylation is 2. The van der Waals surface area contributed by atoms with Crippen molar-refractivity contribution in [3.63, 3.8) is 0 Å². The van der Waals surface area contributed by atoms with Crippen molar-refractivity contribution < 1.29 is 9.50 Å². The zero-order valence-corrected chi connectivity index (χ0v) is 10.5. The summed E-state index contributed by atoms with van der Waals surface area (Å²) in [6.07, 6.45) is 0.865. The summed E-state index contributed by atoms with van der Waals surface area (Å²) in [5.41, 5.74) is 1.27. The Morgan fingerprint density at radius 1 is 1.35 bits per heavy atom. The maximum absolute atomic E-state index is 13.3. The molecule has 0 saturated heterocycles. The lowest BCUT2D eigenvalue weighted by atomic mass is 10.0. The van der Waals surface area contributed by atoms with Gasteiger partial charge in [-0.3, -0.25) is 0 Å². The molecule has 3 heteroatoms. The normalized spacial score (nSPS) is 12.6. The molecule has 1 aromatic heterocycles. The standard InChI is InChI=1S/C14H15FOS/c1-10-4-5-11(9-13(10)15)14(16)7-6-12-3-2-8-17-12/h2-5,8-9,14,16H,6-7H2,1H3. The van der Waals surface area contributed by atoms with E-state index in [0.717, 1.165) is 6.42 Å². The molecule has 0 spiro atoms. The van der Waals surface area contributed by atoms with Gasteiger partial charge in [-0.2, -0.15) is 0 Å². The molecule has 0 aliphatic heterocycles. The van der Waals surface area contributed by atoms with E-state index in [1.54, 1.807) is 30.4 Å². The van der Waals surface area contributed by atoms with Crippen LogP contribution in [0.4, 0.5) is 4.39 Å². The average molecular weight is 250 g/mol. The highest BCUT2D eigenvalue weighted by Gasteiger charge is 2.10. The Balaban J connectivity index is 1.99. The van der Waals surface area contributed by atoms with Crippen LogP contribution in [0.25, 0.3) is 0 Å². The third kappa shape index (κ3) is 3.14. The lowest BCUT2D eigenvalue weighted by Crippen LogP contribution is -2.00. The van der Waals surface area contributed by atoms with Crippen molar-refractivity contribution in [2.45, 2.75) is 25.9 Å². The van der Waals surface area contributed by atoms with Gasteiger partial charge in [-0.1, -0.05) is 18.2 Å². The van der Waals surface area contributed by atoms with Gasteiger partial charge in [-0.05, 0) is 48.4 Å². The Bertz CT molecular complexity index is 479. The summed E-state index contributed by atoms with van der Waals surface area (Å²) in [7, 11) is 0. The number of aliphatic hydroxyl groups is 1. The second-order valence-electron chi connectivity index (χ2n) is 4.14. The Morgan fingerprint density at radius 3 is 2.82 bits per heavy atom. The Kier molecular flexibility index (Phi) is 3.92. The minimum absolute atomic E-state index is 0.252. The molecule has 17 heavy (non-hydrogen) atoms. The molecule has 0 fully saturated rings. The van der Waals surface area contributed by atoms with Crippen molar-refractivity contribution in [2.75, 3.05) is 0 Å². The largest absolute Gasteiger partial charge is 0.388 e. The van der Waals surface area contributed by atoms with Crippen molar-refractivity contribution in [1.82, 2.24) is 0 Å². The fraction of sp³-hybridized carbons (Fsp3) is 0.286. The van der Waals surface area contributed by atoms with Crippen molar-refractivity contribution in [3.8, 4) is 0 Å². The van der Waals surface area contributed by atoms with Gasteiger partial charge in [0.15, 0.2) is 0 Å². The summed E-state index contributed by atoms with van der Waals surface area (Å²) in [5, 5.41) is 12.0. The fourth-order valence-electron chi connectivity index (χ4n) is 1.72. The van der Waals surface area contributed by atoms with Gasteiger partial charge in [0, 0.05) is 4.88 Å². The molecule has 1 aromatic carbocycles. The molecule has 0 aliphatic rings. The van der Waals surface area contributed by atoms with E-state index in [2.05, 4.69) is 0 Å². The Morgan fingerprint density at radius 2 is 2.18 bits per heavy atom. The SMILES string of the molecule is Cc1ccc(C(O)CCc2cccs2)cc1F. The zero-order valence-electron chi connectivity index (χ0n) is 9.69. The number of hydrogen-bond acceptors (Lipinski definition) is 2. The van der Waals surface area contributed by atoms with Gasteiger partial charge < -0.3 is 5.11 Å². The quantitative estimate of drug-likeness (QED) is 0.873. The molecule has 2 rings (SSSR count). The molecular weight excluding hydrogens is 235 g/mol. The fourth-order valence-corrected chi connectivity index (χ4v) is 2.44. The highest BCUT2D eigenvalue weighted by Crippen LogP contribution is 2.22. The van der Waals surface area contributed by atoms with Gasteiger partial charge in [0.1, 0.15) is 5.82 Å². The van der Waals surface area contributed by atoms with Crippen molar-refractivity contribution in [3.05, 3.63) is 57.5 Å². The number of thiophene rings is 1. The Labute approximate surface area is 105 Å². The van der Waals surface area contributed by atoms with Gasteiger partial charge in [0.05, 0.1) is 6.10 Å².